The zero-order chi connectivity index (χ0) is 16.9. The molecule has 1 aromatic carbocycles. The predicted molar refractivity (Wildman–Crippen MR) is 95.3 cm³/mol. The number of rotatable bonds is 6. The topological polar surface area (TPSA) is 64.6 Å². The van der Waals surface area contributed by atoms with E-state index in [1.54, 1.807) is 23.5 Å². The molecule has 0 unspecified atom stereocenters. The number of hydrogen-bond acceptors (Lipinski definition) is 5. The molecule has 1 N–H and O–H groups in total. The van der Waals surface area contributed by atoms with Crippen molar-refractivity contribution in [1.29, 1.82) is 0 Å². The molecule has 5 nitrogen and oxygen atoms in total. The summed E-state index contributed by atoms with van der Waals surface area (Å²) in [7, 11) is -1.32. The van der Waals surface area contributed by atoms with Crippen molar-refractivity contribution in [3.8, 4) is 11.5 Å². The normalized spacial score (nSPS) is 14.2. The first-order valence-corrected chi connectivity index (χ1v) is 10.1. The number of carbonyl (C=O) groups is 1. The second kappa shape index (κ2) is 8.00. The van der Waals surface area contributed by atoms with E-state index in [-0.39, 0.29) is 17.4 Å². The van der Waals surface area contributed by atoms with Gasteiger partial charge in [0.15, 0.2) is 11.5 Å². The molecule has 1 aromatic heterocycles. The first kappa shape index (κ1) is 17.3. The minimum absolute atomic E-state index is 0.0442. The maximum Gasteiger partial charge on any atom is 0.232 e. The Kier molecular flexibility index (Phi) is 5.76. The molecule has 3 rings (SSSR count). The predicted octanol–water partition coefficient (Wildman–Crippen LogP) is 2.74. The summed E-state index contributed by atoms with van der Waals surface area (Å²) in [6, 6.07) is 7.34. The molecule has 1 atom stereocenters. The zero-order valence-corrected chi connectivity index (χ0v) is 15.1. The van der Waals surface area contributed by atoms with Crippen LogP contribution in [0.3, 0.4) is 0 Å². The molecule has 0 fully saturated rings. The fraction of sp³-hybridized carbons (Fsp3) is 0.312. The monoisotopic (exact) mass is 385 g/mol. The van der Waals surface area contributed by atoms with Gasteiger partial charge in [-0.2, -0.15) is 0 Å². The molecule has 0 saturated carbocycles. The van der Waals surface area contributed by atoms with Crippen molar-refractivity contribution in [2.24, 2.45) is 0 Å². The summed E-state index contributed by atoms with van der Waals surface area (Å²) in [5.74, 6) is 1.04. The minimum atomic E-state index is -1.32. The van der Waals surface area contributed by atoms with Gasteiger partial charge in [-0.15, -0.1) is 11.3 Å². The Morgan fingerprint density at radius 3 is 2.96 bits per heavy atom. The van der Waals surface area contributed by atoms with E-state index < -0.39 is 10.8 Å². The molecule has 1 aliphatic rings. The number of benzene rings is 1. The number of nitrogens with one attached hydrogen (secondary N) is 1. The third kappa shape index (κ3) is 4.49. The number of carbonyl (C=O) groups excluding carboxylic acids is 1. The highest BCUT2D eigenvalue weighted by molar-refractivity contribution is 7.84. The Labute approximate surface area is 151 Å². The number of amides is 1. The maximum atomic E-state index is 12.2. The van der Waals surface area contributed by atoms with E-state index in [2.05, 4.69) is 5.32 Å². The molecular formula is C16H16ClNO4S2. The Balaban J connectivity index is 1.54. The lowest BCUT2D eigenvalue weighted by molar-refractivity contribution is -0.118. The van der Waals surface area contributed by atoms with E-state index >= 15 is 0 Å². The van der Waals surface area contributed by atoms with E-state index in [0.717, 1.165) is 10.4 Å². The molecule has 0 bridgehead atoms. The first-order valence-electron chi connectivity index (χ1n) is 7.34. The lowest BCUT2D eigenvalue weighted by Gasteiger charge is -2.20. The van der Waals surface area contributed by atoms with Gasteiger partial charge in [0.25, 0.3) is 0 Å². The average Bonchev–Trinajstić information content (AvgIpc) is 3.06. The van der Waals surface area contributed by atoms with Crippen LogP contribution in [0.4, 0.5) is 0 Å². The summed E-state index contributed by atoms with van der Waals surface area (Å²) in [6.45, 7) is 1.38. The Morgan fingerprint density at radius 1 is 1.33 bits per heavy atom. The smallest absolute Gasteiger partial charge is 0.232 e. The first-order chi connectivity index (χ1) is 11.6. The van der Waals surface area contributed by atoms with E-state index in [1.165, 1.54) is 0 Å². The largest absolute Gasteiger partial charge is 0.486 e. The quantitative estimate of drug-likeness (QED) is 0.830. The summed E-state index contributed by atoms with van der Waals surface area (Å²) in [6.07, 6.45) is 0. The standard InChI is InChI=1S/C16H16ClNO4S2/c17-13-6-11(7-14-16(13)22-4-3-21-14)9-24(20)10-15(19)18-8-12-2-1-5-23-12/h1-2,5-7H,3-4,8-10H2,(H,18,19)/t24-/m0/s1. The van der Waals surface area contributed by atoms with Crippen molar-refractivity contribution < 1.29 is 18.5 Å². The van der Waals surface area contributed by atoms with Crippen LogP contribution in [-0.4, -0.2) is 29.1 Å². The molecular weight excluding hydrogens is 370 g/mol. The SMILES string of the molecule is O=C(C[S@@](=O)Cc1cc(Cl)c2c(c1)OCCO2)NCc1cccs1. The van der Waals surface area contributed by atoms with Crippen LogP contribution in [0.1, 0.15) is 10.4 Å². The molecule has 1 aliphatic heterocycles. The fourth-order valence-corrected chi connectivity index (χ4v) is 4.25. The lowest BCUT2D eigenvalue weighted by atomic mass is 10.2. The van der Waals surface area contributed by atoms with Crippen molar-refractivity contribution in [3.63, 3.8) is 0 Å². The summed E-state index contributed by atoms with van der Waals surface area (Å²) < 4.78 is 23.2. The number of ether oxygens (including phenoxy) is 2. The van der Waals surface area contributed by atoms with E-state index in [0.29, 0.717) is 36.3 Å². The van der Waals surface area contributed by atoms with Gasteiger partial charge in [-0.05, 0) is 29.1 Å². The third-order valence-corrected chi connectivity index (χ3v) is 5.71. The van der Waals surface area contributed by atoms with Crippen LogP contribution in [0.5, 0.6) is 11.5 Å². The fourth-order valence-electron chi connectivity index (χ4n) is 2.28. The van der Waals surface area contributed by atoms with E-state index in [1.807, 2.05) is 17.5 Å². The molecule has 1 amide bonds. The van der Waals surface area contributed by atoms with Gasteiger partial charge in [-0.25, -0.2) is 0 Å². The molecule has 128 valence electrons. The molecule has 2 aromatic rings. The summed E-state index contributed by atoms with van der Waals surface area (Å²) in [4.78, 5) is 12.9. The third-order valence-electron chi connectivity index (χ3n) is 3.32. The molecule has 0 aliphatic carbocycles. The van der Waals surface area contributed by atoms with Crippen LogP contribution >= 0.6 is 22.9 Å². The second-order valence-corrected chi connectivity index (χ2v) is 8.08. The number of thiophene rings is 1. The minimum Gasteiger partial charge on any atom is -0.486 e. The molecule has 8 heteroatoms. The van der Waals surface area contributed by atoms with Crippen molar-refractivity contribution in [2.45, 2.75) is 12.3 Å². The molecule has 2 heterocycles. The Morgan fingerprint density at radius 2 is 2.17 bits per heavy atom. The molecule has 0 spiro atoms. The summed E-state index contributed by atoms with van der Waals surface area (Å²) in [5, 5.41) is 5.15. The molecule has 0 saturated heterocycles. The van der Waals surface area contributed by atoms with Gasteiger partial charge in [-0.3, -0.25) is 9.00 Å². The van der Waals surface area contributed by atoms with Gasteiger partial charge in [-0.1, -0.05) is 17.7 Å². The highest BCUT2D eigenvalue weighted by Crippen LogP contribution is 2.38. The van der Waals surface area contributed by atoms with Crippen LogP contribution in [0.15, 0.2) is 29.6 Å². The van der Waals surface area contributed by atoms with Crippen molar-refractivity contribution in [3.05, 3.63) is 45.1 Å². The maximum absolute atomic E-state index is 12.2. The summed E-state index contributed by atoms with van der Waals surface area (Å²) >= 11 is 7.73. The number of fused-ring (bicyclic) bond motifs is 1. The van der Waals surface area contributed by atoms with E-state index in [4.69, 9.17) is 21.1 Å². The van der Waals surface area contributed by atoms with Crippen LogP contribution in [0.2, 0.25) is 5.02 Å². The Bertz CT molecular complexity index is 749. The number of halogens is 1. The van der Waals surface area contributed by atoms with Gasteiger partial charge in [0.2, 0.25) is 5.91 Å². The van der Waals surface area contributed by atoms with Crippen molar-refractivity contribution >= 4 is 39.6 Å². The van der Waals surface area contributed by atoms with Crippen LogP contribution < -0.4 is 14.8 Å². The second-order valence-electron chi connectivity index (χ2n) is 5.19. The van der Waals surface area contributed by atoms with Crippen molar-refractivity contribution in [1.82, 2.24) is 5.32 Å². The average molecular weight is 386 g/mol. The molecule has 24 heavy (non-hydrogen) atoms. The van der Waals surface area contributed by atoms with Gasteiger partial charge in [0, 0.05) is 21.4 Å². The highest BCUT2D eigenvalue weighted by atomic mass is 35.5. The Hall–Kier alpha value is -1.57. The zero-order valence-electron chi connectivity index (χ0n) is 12.7. The summed E-state index contributed by atoms with van der Waals surface area (Å²) in [5.41, 5.74) is 0.758. The van der Waals surface area contributed by atoms with Gasteiger partial charge in [0.05, 0.1) is 11.6 Å². The van der Waals surface area contributed by atoms with Crippen LogP contribution in [0, 0.1) is 0 Å². The van der Waals surface area contributed by atoms with E-state index in [9.17, 15) is 9.00 Å². The molecule has 0 radical (unpaired) electrons. The lowest BCUT2D eigenvalue weighted by Crippen LogP contribution is -2.27. The van der Waals surface area contributed by atoms with Gasteiger partial charge >= 0.3 is 0 Å². The number of hydrogen-bond donors (Lipinski definition) is 1. The van der Waals surface area contributed by atoms with Crippen molar-refractivity contribution in [2.75, 3.05) is 19.0 Å². The van der Waals surface area contributed by atoms with Crippen LogP contribution in [-0.2, 0) is 27.9 Å². The van der Waals surface area contributed by atoms with Gasteiger partial charge < -0.3 is 14.8 Å². The van der Waals surface area contributed by atoms with Crippen LogP contribution in [0.25, 0.3) is 0 Å². The highest BCUT2D eigenvalue weighted by Gasteiger charge is 2.18. The van der Waals surface area contributed by atoms with Gasteiger partial charge in [0.1, 0.15) is 19.0 Å².